The van der Waals surface area contributed by atoms with E-state index in [1.54, 1.807) is 13.2 Å². The van der Waals surface area contributed by atoms with Gasteiger partial charge in [0.25, 0.3) is 0 Å². The number of hydrogen-bond acceptors (Lipinski definition) is 3. The fraction of sp³-hybridized carbons (Fsp3) is 0.208. The van der Waals surface area contributed by atoms with Crippen molar-refractivity contribution in [1.29, 1.82) is 0 Å². The number of fused-ring (bicyclic) bond motifs is 5. The van der Waals surface area contributed by atoms with Crippen LogP contribution in [0.15, 0.2) is 66.7 Å². The van der Waals surface area contributed by atoms with E-state index in [0.29, 0.717) is 11.5 Å². The van der Waals surface area contributed by atoms with E-state index in [1.807, 2.05) is 24.3 Å². The van der Waals surface area contributed by atoms with Crippen molar-refractivity contribution < 1.29 is 14.6 Å². The molecule has 0 radical (unpaired) electrons. The van der Waals surface area contributed by atoms with Crippen LogP contribution in [0.4, 0.5) is 5.69 Å². The topological polar surface area (TPSA) is 58.6 Å². The van der Waals surface area contributed by atoms with Crippen LogP contribution in [0.2, 0.25) is 0 Å². The van der Waals surface area contributed by atoms with Gasteiger partial charge in [-0.1, -0.05) is 48.5 Å². The zero-order valence-corrected chi connectivity index (χ0v) is 15.6. The molecule has 4 nitrogen and oxygen atoms in total. The summed E-state index contributed by atoms with van der Waals surface area (Å²) in [6.45, 7) is 0. The Hall–Kier alpha value is -3.27. The number of rotatable bonds is 3. The molecule has 0 fully saturated rings. The number of methoxy groups -OCH3 is 1. The second-order valence-corrected chi connectivity index (χ2v) is 7.52. The lowest BCUT2D eigenvalue weighted by Crippen LogP contribution is -2.31. The summed E-state index contributed by atoms with van der Waals surface area (Å²) in [4.78, 5) is 11.9. The lowest BCUT2D eigenvalue weighted by molar-refractivity contribution is 0.0697. The average molecular weight is 371 g/mol. The van der Waals surface area contributed by atoms with Gasteiger partial charge in [-0.25, -0.2) is 4.79 Å². The van der Waals surface area contributed by atoms with E-state index in [-0.39, 0.29) is 12.0 Å². The summed E-state index contributed by atoms with van der Waals surface area (Å²) in [5.74, 6) is 0.408. The van der Waals surface area contributed by atoms with E-state index in [0.717, 1.165) is 29.0 Å². The second kappa shape index (κ2) is 6.41. The normalized spacial score (nSPS) is 21.8. The maximum atomic E-state index is 11.9. The molecule has 4 heteroatoms. The summed E-state index contributed by atoms with van der Waals surface area (Å²) in [5.41, 5.74) is 5.92. The first-order valence-electron chi connectivity index (χ1n) is 9.52. The molecule has 3 aromatic rings. The first-order chi connectivity index (χ1) is 13.7. The van der Waals surface area contributed by atoms with Crippen LogP contribution in [0, 0.1) is 5.92 Å². The quantitative estimate of drug-likeness (QED) is 0.690. The van der Waals surface area contributed by atoms with Gasteiger partial charge in [-0.3, -0.25) is 0 Å². The average Bonchev–Trinajstić information content (AvgIpc) is 3.12. The van der Waals surface area contributed by atoms with E-state index < -0.39 is 5.97 Å². The van der Waals surface area contributed by atoms with Crippen molar-refractivity contribution >= 4 is 11.7 Å². The van der Waals surface area contributed by atoms with Crippen LogP contribution >= 0.6 is 0 Å². The lowest BCUT2D eigenvalue weighted by Gasteiger charge is -2.38. The minimum Gasteiger partial charge on any atom is -0.497 e. The van der Waals surface area contributed by atoms with Gasteiger partial charge in [-0.05, 0) is 52.8 Å². The minimum atomic E-state index is -0.904. The molecule has 5 rings (SSSR count). The predicted molar refractivity (Wildman–Crippen MR) is 108 cm³/mol. The van der Waals surface area contributed by atoms with Gasteiger partial charge in [-0.15, -0.1) is 0 Å². The number of anilines is 1. The molecule has 2 aliphatic rings. The highest BCUT2D eigenvalue weighted by atomic mass is 16.5. The Morgan fingerprint density at radius 1 is 1.04 bits per heavy atom. The van der Waals surface area contributed by atoms with Gasteiger partial charge in [0.05, 0.1) is 24.4 Å². The van der Waals surface area contributed by atoms with Crippen LogP contribution in [0.25, 0.3) is 0 Å². The molecule has 1 aliphatic carbocycles. The van der Waals surface area contributed by atoms with Crippen molar-refractivity contribution in [2.75, 3.05) is 12.4 Å². The molecular weight excluding hydrogens is 350 g/mol. The summed E-state index contributed by atoms with van der Waals surface area (Å²) >= 11 is 0. The Morgan fingerprint density at radius 2 is 1.82 bits per heavy atom. The van der Waals surface area contributed by atoms with Crippen LogP contribution < -0.4 is 10.1 Å². The van der Waals surface area contributed by atoms with Gasteiger partial charge in [-0.2, -0.15) is 0 Å². The highest BCUT2D eigenvalue weighted by Gasteiger charge is 2.44. The predicted octanol–water partition coefficient (Wildman–Crippen LogP) is 4.86. The summed E-state index contributed by atoms with van der Waals surface area (Å²) < 4.78 is 5.43. The zero-order valence-electron chi connectivity index (χ0n) is 15.6. The number of aromatic carboxylic acids is 1. The van der Waals surface area contributed by atoms with Crippen molar-refractivity contribution in [3.63, 3.8) is 0 Å². The SMILES string of the molecule is COc1cccc([C@@H]2Nc3c(C(=O)O)cccc3[C@H]3c4ccccc4C[C@@H]32)c1. The molecule has 1 aliphatic heterocycles. The highest BCUT2D eigenvalue weighted by Crippen LogP contribution is 2.54. The molecule has 28 heavy (non-hydrogen) atoms. The summed E-state index contributed by atoms with van der Waals surface area (Å²) in [7, 11) is 1.67. The van der Waals surface area contributed by atoms with Gasteiger partial charge >= 0.3 is 5.97 Å². The Labute approximate surface area is 163 Å². The lowest BCUT2D eigenvalue weighted by atomic mass is 9.75. The number of carboxylic acid groups (broad SMARTS) is 1. The van der Waals surface area contributed by atoms with Crippen molar-refractivity contribution in [1.82, 2.24) is 0 Å². The molecule has 3 aromatic carbocycles. The van der Waals surface area contributed by atoms with Crippen molar-refractivity contribution in [2.24, 2.45) is 5.92 Å². The molecule has 0 bridgehead atoms. The third kappa shape index (κ3) is 2.48. The Balaban J connectivity index is 1.71. The molecule has 140 valence electrons. The van der Waals surface area contributed by atoms with Crippen molar-refractivity contribution in [2.45, 2.75) is 18.4 Å². The van der Waals surface area contributed by atoms with E-state index in [4.69, 9.17) is 4.74 Å². The van der Waals surface area contributed by atoms with Gasteiger partial charge in [0.1, 0.15) is 5.75 Å². The van der Waals surface area contributed by atoms with E-state index >= 15 is 0 Å². The Kier molecular flexibility index (Phi) is 3.86. The Morgan fingerprint density at radius 3 is 2.64 bits per heavy atom. The highest BCUT2D eigenvalue weighted by molar-refractivity contribution is 5.96. The molecule has 0 spiro atoms. The summed E-state index contributed by atoms with van der Waals surface area (Å²) in [6, 6.07) is 22.2. The van der Waals surface area contributed by atoms with Gasteiger partial charge in [0.15, 0.2) is 0 Å². The Bertz CT molecular complexity index is 1070. The van der Waals surface area contributed by atoms with E-state index in [9.17, 15) is 9.90 Å². The number of carbonyl (C=O) groups is 1. The van der Waals surface area contributed by atoms with Crippen LogP contribution in [0.3, 0.4) is 0 Å². The first-order valence-corrected chi connectivity index (χ1v) is 9.52. The fourth-order valence-electron chi connectivity index (χ4n) is 4.93. The molecule has 1 heterocycles. The van der Waals surface area contributed by atoms with Crippen LogP contribution in [-0.2, 0) is 6.42 Å². The van der Waals surface area contributed by atoms with Gasteiger partial charge in [0, 0.05) is 5.92 Å². The maximum absolute atomic E-state index is 11.9. The molecule has 2 N–H and O–H groups in total. The maximum Gasteiger partial charge on any atom is 0.337 e. The number of carboxylic acids is 1. The molecule has 0 unspecified atom stereocenters. The zero-order chi connectivity index (χ0) is 19.3. The minimum absolute atomic E-state index is 0.0144. The summed E-state index contributed by atoms with van der Waals surface area (Å²) in [6.07, 6.45) is 0.965. The molecular formula is C24H21NO3. The number of ether oxygens (including phenoxy) is 1. The number of hydrogen-bond donors (Lipinski definition) is 2. The van der Waals surface area contributed by atoms with Gasteiger partial charge in [0.2, 0.25) is 0 Å². The van der Waals surface area contributed by atoms with Crippen LogP contribution in [0.1, 0.15) is 44.6 Å². The van der Waals surface area contributed by atoms with Gasteiger partial charge < -0.3 is 15.2 Å². The van der Waals surface area contributed by atoms with Crippen molar-refractivity contribution in [3.8, 4) is 5.75 Å². The smallest absolute Gasteiger partial charge is 0.337 e. The fourth-order valence-corrected chi connectivity index (χ4v) is 4.93. The molecule has 3 atom stereocenters. The third-order valence-corrected chi connectivity index (χ3v) is 6.12. The number of nitrogens with one attached hydrogen (secondary N) is 1. The van der Waals surface area contributed by atoms with E-state index in [2.05, 4.69) is 41.7 Å². The van der Waals surface area contributed by atoms with E-state index in [1.165, 1.54) is 11.1 Å². The number of benzene rings is 3. The molecule has 0 saturated carbocycles. The third-order valence-electron chi connectivity index (χ3n) is 6.12. The van der Waals surface area contributed by atoms with Crippen LogP contribution in [-0.4, -0.2) is 18.2 Å². The largest absolute Gasteiger partial charge is 0.497 e. The first kappa shape index (κ1) is 16.9. The van der Waals surface area contributed by atoms with Crippen LogP contribution in [0.5, 0.6) is 5.75 Å². The monoisotopic (exact) mass is 371 g/mol. The standard InChI is InChI=1S/C24H21NO3/c1-28-16-8-4-7-15(12-16)22-20-13-14-6-2-3-9-17(14)21(20)18-10-5-11-19(24(26)27)23(18)25-22/h2-12,20-22,25H,13H2,1H3,(H,26,27)/t20-,21+,22-/m0/s1. The number of para-hydroxylation sites is 1. The molecule has 0 aromatic heterocycles. The molecule has 0 saturated heterocycles. The second-order valence-electron chi connectivity index (χ2n) is 7.52. The summed E-state index contributed by atoms with van der Waals surface area (Å²) in [5, 5.41) is 13.3. The molecule has 0 amide bonds. The van der Waals surface area contributed by atoms with Crippen molar-refractivity contribution in [3.05, 3.63) is 94.5 Å².